The normalized spacial score (nSPS) is 13.8. The Morgan fingerprint density at radius 1 is 0.464 bits per heavy atom. The van der Waals surface area contributed by atoms with Gasteiger partial charge in [-0.25, -0.2) is 0 Å². The van der Waals surface area contributed by atoms with E-state index in [9.17, 15) is 0 Å². The average molecular weight is 415 g/mol. The quantitative estimate of drug-likeness (QED) is 0.257. The molecular formula is C24H51AlO3. The lowest BCUT2D eigenvalue weighted by molar-refractivity contribution is -0.128. The van der Waals surface area contributed by atoms with Gasteiger partial charge in [-0.05, 0) is 56.3 Å². The zero-order chi connectivity index (χ0) is 22.2. The number of hydrogen-bond donors (Lipinski definition) is 0. The lowest BCUT2D eigenvalue weighted by Crippen LogP contribution is -2.54. The van der Waals surface area contributed by atoms with E-state index in [0.29, 0.717) is 17.8 Å². The Morgan fingerprint density at radius 3 is 0.750 bits per heavy atom. The minimum atomic E-state index is -2.38. The van der Waals surface area contributed by atoms with Crippen LogP contribution in [0.3, 0.4) is 0 Å². The Labute approximate surface area is 182 Å². The highest BCUT2D eigenvalue weighted by molar-refractivity contribution is 6.37. The third kappa shape index (κ3) is 6.45. The van der Waals surface area contributed by atoms with Crippen LogP contribution in [0.1, 0.15) is 122 Å². The van der Waals surface area contributed by atoms with Gasteiger partial charge in [-0.15, -0.1) is 0 Å². The molecule has 0 bridgehead atoms. The van der Waals surface area contributed by atoms with Crippen LogP contribution in [0, 0.1) is 17.8 Å². The minimum Gasteiger partial charge on any atom is -0.449 e. The fourth-order valence-electron chi connectivity index (χ4n) is 4.75. The summed E-state index contributed by atoms with van der Waals surface area (Å²) in [7, 11) is 0. The van der Waals surface area contributed by atoms with Crippen LogP contribution in [0.15, 0.2) is 0 Å². The van der Waals surface area contributed by atoms with E-state index in [1.807, 2.05) is 0 Å². The van der Waals surface area contributed by atoms with E-state index in [2.05, 4.69) is 83.1 Å². The monoisotopic (exact) mass is 414 g/mol. The van der Waals surface area contributed by atoms with Crippen LogP contribution >= 0.6 is 0 Å². The average Bonchev–Trinajstić information content (AvgIpc) is 2.67. The van der Waals surface area contributed by atoms with Crippen molar-refractivity contribution in [1.82, 2.24) is 0 Å². The first-order valence-electron chi connectivity index (χ1n) is 12.0. The summed E-state index contributed by atoms with van der Waals surface area (Å²) < 4.78 is 20.7. The maximum atomic E-state index is 6.91. The SMILES string of the molecule is CCC(CC)([O][Al]([O]C(CC)(CC)C(C)C)[O]C(CC)(CC)C(C)C)C(C)C. The molecule has 0 N–H and O–H groups in total. The van der Waals surface area contributed by atoms with E-state index in [1.54, 1.807) is 0 Å². The van der Waals surface area contributed by atoms with Gasteiger partial charge >= 0.3 is 15.1 Å². The van der Waals surface area contributed by atoms with Crippen LogP contribution in [-0.4, -0.2) is 32.0 Å². The van der Waals surface area contributed by atoms with Gasteiger partial charge in [0.1, 0.15) is 0 Å². The smallest absolute Gasteiger partial charge is 0.449 e. The summed E-state index contributed by atoms with van der Waals surface area (Å²) in [5, 5.41) is 0. The number of hydrogen-bond acceptors (Lipinski definition) is 3. The summed E-state index contributed by atoms with van der Waals surface area (Å²) in [5.74, 6) is 1.29. The van der Waals surface area contributed by atoms with Crippen molar-refractivity contribution in [3.8, 4) is 0 Å². The molecule has 0 spiro atoms. The molecule has 0 amide bonds. The Balaban J connectivity index is 6.09. The third-order valence-corrected chi connectivity index (χ3v) is 9.73. The molecule has 0 radical (unpaired) electrons. The first-order chi connectivity index (χ1) is 13.0. The van der Waals surface area contributed by atoms with Crippen LogP contribution in [0.4, 0.5) is 0 Å². The fourth-order valence-corrected chi connectivity index (χ4v) is 7.87. The van der Waals surface area contributed by atoms with E-state index >= 15 is 0 Å². The second-order valence-electron chi connectivity index (χ2n) is 9.42. The Bertz CT molecular complexity index is 346. The Morgan fingerprint density at radius 2 is 0.643 bits per heavy atom. The maximum absolute atomic E-state index is 6.91. The van der Waals surface area contributed by atoms with Crippen LogP contribution < -0.4 is 0 Å². The lowest BCUT2D eigenvalue weighted by atomic mass is 9.85. The molecule has 4 heteroatoms. The molecule has 0 aromatic rings. The van der Waals surface area contributed by atoms with Gasteiger partial charge in [0.25, 0.3) is 0 Å². The molecule has 28 heavy (non-hydrogen) atoms. The molecule has 0 aliphatic rings. The zero-order valence-corrected chi connectivity index (χ0v) is 22.4. The predicted molar refractivity (Wildman–Crippen MR) is 123 cm³/mol. The van der Waals surface area contributed by atoms with Gasteiger partial charge in [0.05, 0.1) is 0 Å². The highest BCUT2D eigenvalue weighted by Gasteiger charge is 2.51. The van der Waals surface area contributed by atoms with Gasteiger partial charge in [0.2, 0.25) is 0 Å². The van der Waals surface area contributed by atoms with Crippen LogP contribution in [0.25, 0.3) is 0 Å². The van der Waals surface area contributed by atoms with Gasteiger partial charge < -0.3 is 11.4 Å². The molecule has 168 valence electrons. The Hall–Kier alpha value is 0.412. The summed E-state index contributed by atoms with van der Waals surface area (Å²) in [5.41, 5.74) is -0.526. The molecule has 0 aliphatic heterocycles. The minimum absolute atomic E-state index is 0.175. The number of rotatable bonds is 15. The molecular weight excluding hydrogens is 363 g/mol. The van der Waals surface area contributed by atoms with Crippen LogP contribution in [-0.2, 0) is 11.4 Å². The molecule has 0 saturated heterocycles. The first kappa shape index (κ1) is 28.4. The van der Waals surface area contributed by atoms with Crippen molar-refractivity contribution in [3.63, 3.8) is 0 Å². The summed E-state index contributed by atoms with van der Waals surface area (Å²) >= 11 is -2.38. The zero-order valence-electron chi connectivity index (χ0n) is 21.3. The molecule has 3 nitrogen and oxygen atoms in total. The molecule has 0 rings (SSSR count). The van der Waals surface area contributed by atoms with Crippen molar-refractivity contribution in [2.45, 2.75) is 138 Å². The summed E-state index contributed by atoms with van der Waals surface area (Å²) in [6.45, 7) is 27.0. The summed E-state index contributed by atoms with van der Waals surface area (Å²) in [4.78, 5) is 0. The van der Waals surface area contributed by atoms with E-state index in [1.165, 1.54) is 0 Å². The van der Waals surface area contributed by atoms with E-state index in [4.69, 9.17) is 11.4 Å². The molecule has 0 unspecified atom stereocenters. The maximum Gasteiger partial charge on any atom is 0.906 e. The summed E-state index contributed by atoms with van der Waals surface area (Å²) in [6.07, 6.45) is 5.90. The summed E-state index contributed by atoms with van der Waals surface area (Å²) in [6, 6.07) is 0. The van der Waals surface area contributed by atoms with Crippen molar-refractivity contribution in [1.29, 1.82) is 0 Å². The van der Waals surface area contributed by atoms with Crippen LogP contribution in [0.2, 0.25) is 0 Å². The largest absolute Gasteiger partial charge is 0.906 e. The standard InChI is InChI=1S/3C8H17O.Al/c3*1-5-8(9,6-2)7(3)4;/h3*7H,5-6H2,1-4H3;/q3*-1;+3. The highest BCUT2D eigenvalue weighted by atomic mass is 27.3. The Kier molecular flexibility index (Phi) is 12.5. The molecule has 0 heterocycles. The van der Waals surface area contributed by atoms with E-state index < -0.39 is 15.1 Å². The highest BCUT2D eigenvalue weighted by Crippen LogP contribution is 2.38. The van der Waals surface area contributed by atoms with Crippen molar-refractivity contribution in [3.05, 3.63) is 0 Å². The predicted octanol–water partition coefficient (Wildman–Crippen LogP) is 7.67. The van der Waals surface area contributed by atoms with Gasteiger partial charge in [-0.3, -0.25) is 0 Å². The second kappa shape index (κ2) is 12.3. The van der Waals surface area contributed by atoms with Crippen molar-refractivity contribution in [2.24, 2.45) is 17.8 Å². The van der Waals surface area contributed by atoms with Gasteiger partial charge in [-0.2, -0.15) is 0 Å². The van der Waals surface area contributed by atoms with Crippen molar-refractivity contribution < 1.29 is 11.4 Å². The second-order valence-corrected chi connectivity index (χ2v) is 10.7. The third-order valence-electron chi connectivity index (χ3n) is 7.74. The van der Waals surface area contributed by atoms with Gasteiger partial charge in [0.15, 0.2) is 0 Å². The molecule has 0 aromatic carbocycles. The molecule has 0 fully saturated rings. The fraction of sp³-hybridized carbons (Fsp3) is 1.00. The van der Waals surface area contributed by atoms with Crippen molar-refractivity contribution >= 4 is 15.1 Å². The van der Waals surface area contributed by atoms with Crippen molar-refractivity contribution in [2.75, 3.05) is 0 Å². The molecule has 0 aliphatic carbocycles. The first-order valence-corrected chi connectivity index (χ1v) is 13.4. The topological polar surface area (TPSA) is 27.7 Å². The molecule has 0 atom stereocenters. The van der Waals surface area contributed by atoms with Gasteiger partial charge in [-0.1, -0.05) is 83.1 Å². The molecule has 0 aromatic heterocycles. The lowest BCUT2D eigenvalue weighted by Gasteiger charge is -2.46. The van der Waals surface area contributed by atoms with Gasteiger partial charge in [0, 0.05) is 16.8 Å². The molecule has 0 saturated carbocycles. The van der Waals surface area contributed by atoms with Crippen LogP contribution in [0.5, 0.6) is 0 Å². The van der Waals surface area contributed by atoms with E-state index in [0.717, 1.165) is 38.5 Å². The van der Waals surface area contributed by atoms with E-state index in [-0.39, 0.29) is 16.8 Å².